The third-order valence-corrected chi connectivity index (χ3v) is 5.31. The molecule has 0 N–H and O–H groups in total. The van der Waals surface area contributed by atoms with Gasteiger partial charge in [-0.2, -0.15) is 0 Å². The number of aryl methyl sites for hydroxylation is 1. The van der Waals surface area contributed by atoms with Crippen LogP contribution in [0, 0.1) is 6.92 Å². The van der Waals surface area contributed by atoms with Crippen LogP contribution in [-0.2, 0) is 27.4 Å². The molecule has 6 heteroatoms. The van der Waals surface area contributed by atoms with Crippen LogP contribution < -0.4 is 0 Å². The number of carbonyl (C=O) groups is 2. The second kappa shape index (κ2) is 14.5. The van der Waals surface area contributed by atoms with Crippen molar-refractivity contribution in [1.82, 2.24) is 9.80 Å². The van der Waals surface area contributed by atoms with Crippen molar-refractivity contribution in [1.29, 1.82) is 0 Å². The quantitative estimate of drug-likeness (QED) is 0.366. The Kier molecular flexibility index (Phi) is 11.6. The summed E-state index contributed by atoms with van der Waals surface area (Å²) in [6, 6.07) is 13.7. The number of furan rings is 1. The number of unbranched alkanes of at least 4 members (excludes halogenated alkanes) is 2. The molecule has 0 radical (unpaired) electrons. The molecule has 1 aromatic heterocycles. The van der Waals surface area contributed by atoms with Crippen molar-refractivity contribution in [2.75, 3.05) is 26.3 Å². The number of amides is 2. The molecular weight excluding hydrogens is 404 g/mol. The van der Waals surface area contributed by atoms with E-state index in [0.29, 0.717) is 39.3 Å². The Labute approximate surface area is 192 Å². The number of rotatable bonds is 15. The van der Waals surface area contributed by atoms with E-state index >= 15 is 0 Å². The minimum absolute atomic E-state index is 0.0387. The van der Waals surface area contributed by atoms with Gasteiger partial charge in [0.15, 0.2) is 0 Å². The van der Waals surface area contributed by atoms with Gasteiger partial charge in [0.25, 0.3) is 0 Å². The third kappa shape index (κ3) is 9.27. The van der Waals surface area contributed by atoms with Crippen LogP contribution in [-0.4, -0.2) is 47.9 Å². The maximum absolute atomic E-state index is 13.4. The van der Waals surface area contributed by atoms with Crippen LogP contribution in [0.15, 0.2) is 46.9 Å². The summed E-state index contributed by atoms with van der Waals surface area (Å²) in [7, 11) is 0. The maximum atomic E-state index is 13.4. The fourth-order valence-corrected chi connectivity index (χ4v) is 3.54. The molecule has 1 heterocycles. The van der Waals surface area contributed by atoms with E-state index in [1.165, 1.54) is 0 Å². The van der Waals surface area contributed by atoms with E-state index in [4.69, 9.17) is 9.15 Å². The predicted octanol–water partition coefficient (Wildman–Crippen LogP) is 4.95. The highest BCUT2D eigenvalue weighted by Crippen LogP contribution is 2.14. The lowest BCUT2D eigenvalue weighted by atomic mass is 10.2. The lowest BCUT2D eigenvalue weighted by Gasteiger charge is -2.27. The molecule has 0 unspecified atom stereocenters. The minimum Gasteiger partial charge on any atom is -0.464 e. The second-order valence-electron chi connectivity index (χ2n) is 8.07. The molecule has 0 aliphatic rings. The molecule has 2 aromatic rings. The SMILES string of the molecule is CCCCCC(=O)N(CCCOCC)CC(=O)N(Cc1ccccc1)Cc1ccc(C)o1. The van der Waals surface area contributed by atoms with Crippen molar-refractivity contribution in [3.8, 4) is 0 Å². The van der Waals surface area contributed by atoms with Crippen molar-refractivity contribution in [2.24, 2.45) is 0 Å². The molecule has 0 saturated carbocycles. The molecule has 0 spiro atoms. The lowest BCUT2D eigenvalue weighted by molar-refractivity contribution is -0.141. The number of hydrogen-bond acceptors (Lipinski definition) is 4. The summed E-state index contributed by atoms with van der Waals surface area (Å²) in [6.45, 7) is 8.64. The Morgan fingerprint density at radius 2 is 1.69 bits per heavy atom. The predicted molar refractivity (Wildman–Crippen MR) is 126 cm³/mol. The van der Waals surface area contributed by atoms with Crippen LogP contribution >= 0.6 is 0 Å². The van der Waals surface area contributed by atoms with E-state index in [9.17, 15) is 9.59 Å². The van der Waals surface area contributed by atoms with Crippen molar-refractivity contribution in [3.63, 3.8) is 0 Å². The average molecular weight is 443 g/mol. The summed E-state index contributed by atoms with van der Waals surface area (Å²) in [5, 5.41) is 0. The van der Waals surface area contributed by atoms with Crippen LogP contribution in [0.4, 0.5) is 0 Å². The molecule has 176 valence electrons. The first-order valence-corrected chi connectivity index (χ1v) is 11.8. The molecule has 0 atom stereocenters. The summed E-state index contributed by atoms with van der Waals surface area (Å²) >= 11 is 0. The summed E-state index contributed by atoms with van der Waals surface area (Å²) in [5.74, 6) is 1.51. The Hall–Kier alpha value is -2.60. The number of nitrogens with zero attached hydrogens (tertiary/aromatic N) is 2. The fourth-order valence-electron chi connectivity index (χ4n) is 3.54. The fraction of sp³-hybridized carbons (Fsp3) is 0.538. The van der Waals surface area contributed by atoms with E-state index in [1.54, 1.807) is 9.80 Å². The first-order chi connectivity index (χ1) is 15.5. The molecule has 0 bridgehead atoms. The number of benzene rings is 1. The number of hydrogen-bond donors (Lipinski definition) is 0. The monoisotopic (exact) mass is 442 g/mol. The van der Waals surface area contributed by atoms with Crippen LogP contribution in [0.1, 0.15) is 63.0 Å². The molecule has 1 aromatic carbocycles. The first kappa shape index (κ1) is 25.7. The number of carbonyl (C=O) groups excluding carboxylic acids is 2. The van der Waals surface area contributed by atoms with Crippen LogP contribution in [0.25, 0.3) is 0 Å². The summed E-state index contributed by atoms with van der Waals surface area (Å²) in [4.78, 5) is 29.7. The molecule has 32 heavy (non-hydrogen) atoms. The van der Waals surface area contributed by atoms with Gasteiger partial charge < -0.3 is 19.0 Å². The highest BCUT2D eigenvalue weighted by atomic mass is 16.5. The van der Waals surface area contributed by atoms with Crippen molar-refractivity contribution >= 4 is 11.8 Å². The zero-order chi connectivity index (χ0) is 23.2. The molecule has 6 nitrogen and oxygen atoms in total. The second-order valence-corrected chi connectivity index (χ2v) is 8.07. The Morgan fingerprint density at radius 3 is 2.34 bits per heavy atom. The molecule has 0 saturated heterocycles. The maximum Gasteiger partial charge on any atom is 0.242 e. The summed E-state index contributed by atoms with van der Waals surface area (Å²) in [6.07, 6.45) is 4.13. The molecule has 0 fully saturated rings. The molecule has 0 aliphatic heterocycles. The Bertz CT molecular complexity index is 803. The van der Waals surface area contributed by atoms with E-state index in [2.05, 4.69) is 6.92 Å². The van der Waals surface area contributed by atoms with E-state index < -0.39 is 0 Å². The molecule has 0 aliphatic carbocycles. The standard InChI is InChI=1S/C26H38N2O4/c1-4-6-8-14-25(29)27(17-11-18-31-5-2)21-26(30)28(19-23-12-9-7-10-13-23)20-24-16-15-22(3)32-24/h7,9-10,12-13,15-16H,4-6,8,11,14,17-21H2,1-3H3. The molecule has 2 rings (SSSR count). The normalized spacial score (nSPS) is 10.8. The largest absolute Gasteiger partial charge is 0.464 e. The van der Waals surface area contributed by atoms with Crippen LogP contribution in [0.3, 0.4) is 0 Å². The van der Waals surface area contributed by atoms with E-state index in [-0.39, 0.29) is 18.4 Å². The van der Waals surface area contributed by atoms with Gasteiger partial charge in [0.1, 0.15) is 11.5 Å². The van der Waals surface area contributed by atoms with Crippen LogP contribution in [0.2, 0.25) is 0 Å². The highest BCUT2D eigenvalue weighted by molar-refractivity contribution is 5.84. The van der Waals surface area contributed by atoms with Gasteiger partial charge in [-0.1, -0.05) is 50.1 Å². The van der Waals surface area contributed by atoms with Gasteiger partial charge in [0, 0.05) is 32.7 Å². The van der Waals surface area contributed by atoms with E-state index in [0.717, 1.165) is 42.8 Å². The van der Waals surface area contributed by atoms with E-state index in [1.807, 2.05) is 56.3 Å². The summed E-state index contributed by atoms with van der Waals surface area (Å²) in [5.41, 5.74) is 1.04. The van der Waals surface area contributed by atoms with Gasteiger partial charge in [0.05, 0.1) is 13.1 Å². The lowest BCUT2D eigenvalue weighted by Crippen LogP contribution is -2.43. The Morgan fingerprint density at radius 1 is 0.906 bits per heavy atom. The Balaban J connectivity index is 2.09. The third-order valence-electron chi connectivity index (χ3n) is 5.31. The van der Waals surface area contributed by atoms with Crippen molar-refractivity contribution < 1.29 is 18.7 Å². The average Bonchev–Trinajstić information content (AvgIpc) is 3.20. The van der Waals surface area contributed by atoms with Crippen LogP contribution in [0.5, 0.6) is 0 Å². The minimum atomic E-state index is -0.0804. The van der Waals surface area contributed by atoms with Gasteiger partial charge in [0.2, 0.25) is 11.8 Å². The van der Waals surface area contributed by atoms with Crippen molar-refractivity contribution in [3.05, 3.63) is 59.5 Å². The molecule has 2 amide bonds. The summed E-state index contributed by atoms with van der Waals surface area (Å²) < 4.78 is 11.1. The smallest absolute Gasteiger partial charge is 0.242 e. The van der Waals surface area contributed by atoms with Crippen molar-refractivity contribution in [2.45, 2.75) is 66.0 Å². The van der Waals surface area contributed by atoms with Gasteiger partial charge in [-0.15, -0.1) is 0 Å². The van der Waals surface area contributed by atoms with Gasteiger partial charge >= 0.3 is 0 Å². The zero-order valence-corrected chi connectivity index (χ0v) is 19.8. The molecular formula is C26H38N2O4. The number of ether oxygens (including phenoxy) is 1. The topological polar surface area (TPSA) is 63.0 Å². The highest BCUT2D eigenvalue weighted by Gasteiger charge is 2.22. The van der Waals surface area contributed by atoms with Gasteiger partial charge in [-0.25, -0.2) is 0 Å². The zero-order valence-electron chi connectivity index (χ0n) is 19.8. The first-order valence-electron chi connectivity index (χ1n) is 11.8. The van der Waals surface area contributed by atoms with Gasteiger partial charge in [-0.05, 0) is 44.4 Å². The van der Waals surface area contributed by atoms with Gasteiger partial charge in [-0.3, -0.25) is 9.59 Å².